The molecule has 2 amide bonds. The molecule has 5 N–H and O–H groups in total. The lowest BCUT2D eigenvalue weighted by Gasteiger charge is -2.20. The standard InChI is InChI=1S/C18H19Cl2N3O4S/c1-9(24)4-14(12-5-11(19)6-13(20)16(12)26)23-15(25)8-22-18(27)17-10(7-21)2-3-28-17/h2-3,5-6,14,26H,4,7-8,21H2,1H3,(H,22,27)(H,23,25)/t14-/m0/s1. The zero-order valence-electron chi connectivity index (χ0n) is 14.9. The Balaban J connectivity index is 2.09. The summed E-state index contributed by atoms with van der Waals surface area (Å²) in [7, 11) is 0. The molecule has 2 aromatic rings. The van der Waals surface area contributed by atoms with Crippen molar-refractivity contribution in [3.05, 3.63) is 49.6 Å². The number of aromatic hydroxyl groups is 1. The molecular formula is C18H19Cl2N3O4S. The van der Waals surface area contributed by atoms with E-state index in [0.717, 1.165) is 0 Å². The first-order chi connectivity index (χ1) is 13.2. The van der Waals surface area contributed by atoms with Crippen LogP contribution >= 0.6 is 34.5 Å². The average Bonchev–Trinajstić information content (AvgIpc) is 3.10. The van der Waals surface area contributed by atoms with E-state index in [1.807, 2.05) is 0 Å². The van der Waals surface area contributed by atoms with E-state index in [1.165, 1.54) is 30.4 Å². The number of ketones is 1. The van der Waals surface area contributed by atoms with Crippen molar-refractivity contribution in [2.75, 3.05) is 6.54 Å². The fourth-order valence-electron chi connectivity index (χ4n) is 2.56. The van der Waals surface area contributed by atoms with Gasteiger partial charge in [0.05, 0.1) is 22.5 Å². The fourth-order valence-corrected chi connectivity index (χ4v) is 3.92. The summed E-state index contributed by atoms with van der Waals surface area (Å²) in [5.41, 5.74) is 6.48. The summed E-state index contributed by atoms with van der Waals surface area (Å²) < 4.78 is 0. The maximum absolute atomic E-state index is 12.3. The summed E-state index contributed by atoms with van der Waals surface area (Å²) in [4.78, 5) is 36.6. The number of rotatable bonds is 8. The van der Waals surface area contributed by atoms with E-state index >= 15 is 0 Å². The van der Waals surface area contributed by atoms with Gasteiger partial charge in [-0.05, 0) is 36.1 Å². The van der Waals surface area contributed by atoms with E-state index in [9.17, 15) is 19.5 Å². The monoisotopic (exact) mass is 443 g/mol. The SMILES string of the molecule is CC(=O)C[C@H](NC(=O)CNC(=O)c1sccc1CN)c1cc(Cl)cc(Cl)c1O. The Kier molecular flexibility index (Phi) is 7.82. The number of halogens is 2. The quantitative estimate of drug-likeness (QED) is 0.499. The van der Waals surface area contributed by atoms with E-state index in [4.69, 9.17) is 28.9 Å². The molecule has 0 aliphatic carbocycles. The number of nitrogens with one attached hydrogen (secondary N) is 2. The van der Waals surface area contributed by atoms with Crippen LogP contribution in [0.2, 0.25) is 10.0 Å². The minimum Gasteiger partial charge on any atom is -0.506 e. The maximum Gasteiger partial charge on any atom is 0.262 e. The zero-order chi connectivity index (χ0) is 20.8. The third-order valence-corrected chi connectivity index (χ3v) is 5.30. The molecule has 1 aromatic carbocycles. The molecule has 0 fully saturated rings. The van der Waals surface area contributed by atoms with Crippen LogP contribution in [0.15, 0.2) is 23.6 Å². The molecule has 28 heavy (non-hydrogen) atoms. The van der Waals surface area contributed by atoms with Crippen LogP contribution in [0, 0.1) is 0 Å². The van der Waals surface area contributed by atoms with Gasteiger partial charge in [0.2, 0.25) is 5.91 Å². The van der Waals surface area contributed by atoms with Crippen molar-refractivity contribution in [2.24, 2.45) is 5.73 Å². The lowest BCUT2D eigenvalue weighted by Crippen LogP contribution is -2.39. The number of hydrogen-bond donors (Lipinski definition) is 4. The van der Waals surface area contributed by atoms with Gasteiger partial charge in [0.1, 0.15) is 11.5 Å². The molecule has 0 aliphatic heterocycles. The minimum absolute atomic E-state index is 0.00520. The fraction of sp³-hybridized carbons (Fsp3) is 0.278. The van der Waals surface area contributed by atoms with Crippen LogP contribution in [0.3, 0.4) is 0 Å². The average molecular weight is 444 g/mol. The summed E-state index contributed by atoms with van der Waals surface area (Å²) >= 11 is 13.1. The summed E-state index contributed by atoms with van der Waals surface area (Å²) in [5, 5.41) is 17.3. The predicted molar refractivity (Wildman–Crippen MR) is 109 cm³/mol. The molecule has 0 saturated carbocycles. The largest absolute Gasteiger partial charge is 0.506 e. The Labute approximate surface area is 175 Å². The molecule has 1 heterocycles. The third-order valence-electron chi connectivity index (χ3n) is 3.84. The van der Waals surface area contributed by atoms with Crippen molar-refractivity contribution in [1.29, 1.82) is 0 Å². The number of nitrogens with two attached hydrogens (primary N) is 1. The second-order valence-corrected chi connectivity index (χ2v) is 7.77. The summed E-state index contributed by atoms with van der Waals surface area (Å²) in [6.45, 7) is 1.26. The highest BCUT2D eigenvalue weighted by Gasteiger charge is 2.22. The molecule has 0 radical (unpaired) electrons. The lowest BCUT2D eigenvalue weighted by molar-refractivity contribution is -0.121. The molecule has 0 aliphatic rings. The van der Waals surface area contributed by atoms with Crippen molar-refractivity contribution in [3.8, 4) is 5.75 Å². The topological polar surface area (TPSA) is 122 Å². The Morgan fingerprint density at radius 3 is 2.64 bits per heavy atom. The van der Waals surface area contributed by atoms with Gasteiger partial charge in [-0.25, -0.2) is 0 Å². The molecular weight excluding hydrogens is 425 g/mol. The van der Waals surface area contributed by atoms with Crippen molar-refractivity contribution in [2.45, 2.75) is 25.9 Å². The van der Waals surface area contributed by atoms with Crippen molar-refractivity contribution in [1.82, 2.24) is 10.6 Å². The van der Waals surface area contributed by atoms with Gasteiger partial charge in [-0.2, -0.15) is 0 Å². The van der Waals surface area contributed by atoms with Crippen LogP contribution in [0.1, 0.15) is 40.2 Å². The first kappa shape index (κ1) is 22.2. The van der Waals surface area contributed by atoms with Gasteiger partial charge >= 0.3 is 0 Å². The number of carbonyl (C=O) groups is 3. The van der Waals surface area contributed by atoms with Crippen LogP contribution in [0.25, 0.3) is 0 Å². The molecule has 0 spiro atoms. The number of phenolic OH excluding ortho intramolecular Hbond substituents is 1. The van der Waals surface area contributed by atoms with Gasteiger partial charge in [0.15, 0.2) is 0 Å². The Bertz CT molecular complexity index is 901. The Morgan fingerprint density at radius 2 is 2.00 bits per heavy atom. The summed E-state index contributed by atoms with van der Waals surface area (Å²) in [5.74, 6) is -1.44. The number of phenols is 1. The normalized spacial score (nSPS) is 11.7. The van der Waals surface area contributed by atoms with Gasteiger partial charge in [-0.15, -0.1) is 11.3 Å². The maximum atomic E-state index is 12.3. The number of Topliss-reactive ketones (excluding diaryl/α,β-unsaturated/α-hetero) is 1. The second kappa shape index (κ2) is 9.88. The molecule has 10 heteroatoms. The lowest BCUT2D eigenvalue weighted by atomic mass is 10.0. The van der Waals surface area contributed by atoms with Gasteiger partial charge in [-0.3, -0.25) is 14.4 Å². The van der Waals surface area contributed by atoms with Crippen molar-refractivity contribution < 1.29 is 19.5 Å². The smallest absolute Gasteiger partial charge is 0.262 e. The van der Waals surface area contributed by atoms with Crippen LogP contribution in [0.4, 0.5) is 0 Å². The van der Waals surface area contributed by atoms with Crippen molar-refractivity contribution in [3.63, 3.8) is 0 Å². The number of carbonyl (C=O) groups excluding carboxylic acids is 3. The molecule has 0 unspecified atom stereocenters. The summed E-state index contributed by atoms with van der Waals surface area (Å²) in [6, 6.07) is 3.67. The molecule has 1 atom stereocenters. The third kappa shape index (κ3) is 5.68. The van der Waals surface area contributed by atoms with E-state index in [-0.39, 0.29) is 46.7 Å². The number of benzene rings is 1. The van der Waals surface area contributed by atoms with Gasteiger partial charge in [0, 0.05) is 23.6 Å². The number of hydrogen-bond acceptors (Lipinski definition) is 6. The highest BCUT2D eigenvalue weighted by Crippen LogP contribution is 2.36. The molecule has 0 saturated heterocycles. The molecule has 2 rings (SSSR count). The van der Waals surface area contributed by atoms with E-state index in [2.05, 4.69) is 10.6 Å². The highest BCUT2D eigenvalue weighted by molar-refractivity contribution is 7.12. The molecule has 7 nitrogen and oxygen atoms in total. The van der Waals surface area contributed by atoms with Gasteiger partial charge in [0.25, 0.3) is 5.91 Å². The summed E-state index contributed by atoms with van der Waals surface area (Å²) in [6.07, 6.45) is -0.0772. The van der Waals surface area contributed by atoms with Crippen LogP contribution in [-0.4, -0.2) is 29.2 Å². The van der Waals surface area contributed by atoms with E-state index < -0.39 is 17.9 Å². The van der Waals surface area contributed by atoms with E-state index in [1.54, 1.807) is 11.4 Å². The Morgan fingerprint density at radius 1 is 1.29 bits per heavy atom. The van der Waals surface area contributed by atoms with Gasteiger partial charge in [-0.1, -0.05) is 23.2 Å². The first-order valence-electron chi connectivity index (χ1n) is 8.24. The van der Waals surface area contributed by atoms with Gasteiger partial charge < -0.3 is 21.5 Å². The second-order valence-electron chi connectivity index (χ2n) is 6.01. The number of thiophene rings is 1. The van der Waals surface area contributed by atoms with Crippen molar-refractivity contribution >= 4 is 52.1 Å². The predicted octanol–water partition coefficient (Wildman–Crippen LogP) is 2.79. The molecule has 150 valence electrons. The minimum atomic E-state index is -0.848. The zero-order valence-corrected chi connectivity index (χ0v) is 17.2. The Hall–Kier alpha value is -2.13. The number of amides is 2. The molecule has 0 bridgehead atoms. The van der Waals surface area contributed by atoms with Crippen LogP contribution in [-0.2, 0) is 16.1 Å². The first-order valence-corrected chi connectivity index (χ1v) is 9.87. The van der Waals surface area contributed by atoms with E-state index in [0.29, 0.717) is 10.4 Å². The molecule has 1 aromatic heterocycles. The van der Waals surface area contributed by atoms with Crippen LogP contribution in [0.5, 0.6) is 5.75 Å². The van der Waals surface area contributed by atoms with Crippen LogP contribution < -0.4 is 16.4 Å². The highest BCUT2D eigenvalue weighted by atomic mass is 35.5.